The molecule has 4 heteroatoms. The molecule has 0 saturated heterocycles. The molecule has 0 aliphatic rings. The Hall–Kier alpha value is -1.12. The quantitative estimate of drug-likeness (QED) is 0.857. The average Bonchev–Trinajstić information content (AvgIpc) is 2.77. The van der Waals surface area contributed by atoms with Crippen molar-refractivity contribution in [2.75, 3.05) is 0 Å². The molecule has 0 fully saturated rings. The summed E-state index contributed by atoms with van der Waals surface area (Å²) >= 11 is 12.1. The minimum atomic E-state index is 0.0119. The molecule has 84 valence electrons. The lowest BCUT2D eigenvalue weighted by Crippen LogP contribution is -1.88. The zero-order valence-corrected chi connectivity index (χ0v) is 10.1. The lowest BCUT2D eigenvalue weighted by atomic mass is 10.1. The highest BCUT2D eigenvalue weighted by atomic mass is 35.5. The molecule has 0 amide bonds. The number of halogens is 2. The molecule has 0 bridgehead atoms. The molecule has 0 aliphatic heterocycles. The van der Waals surface area contributed by atoms with Crippen molar-refractivity contribution >= 4 is 23.2 Å². The molecule has 0 spiro atoms. The van der Waals surface area contributed by atoms with Crippen LogP contribution in [0.2, 0.25) is 10.0 Å². The molecule has 2 nitrogen and oxygen atoms in total. The van der Waals surface area contributed by atoms with Gasteiger partial charge in [-0.15, -0.1) is 0 Å². The number of benzene rings is 1. The van der Waals surface area contributed by atoms with Gasteiger partial charge >= 0.3 is 0 Å². The smallest absolute Gasteiger partial charge is 0.145 e. The van der Waals surface area contributed by atoms with Gasteiger partial charge in [0.2, 0.25) is 0 Å². The van der Waals surface area contributed by atoms with Crippen LogP contribution in [-0.2, 0) is 6.42 Å². The van der Waals surface area contributed by atoms with Gasteiger partial charge < -0.3 is 9.52 Å². The van der Waals surface area contributed by atoms with Crippen LogP contribution in [0.4, 0.5) is 0 Å². The first-order chi connectivity index (χ1) is 7.65. The Morgan fingerprint density at radius 3 is 2.69 bits per heavy atom. The minimum absolute atomic E-state index is 0.0119. The zero-order valence-electron chi connectivity index (χ0n) is 8.63. The fraction of sp³-hybridized carbons (Fsp3) is 0.167. The van der Waals surface area contributed by atoms with Gasteiger partial charge in [-0.1, -0.05) is 30.1 Å². The fourth-order valence-electron chi connectivity index (χ4n) is 1.59. The number of aromatic hydroxyl groups is 1. The van der Waals surface area contributed by atoms with Crippen LogP contribution < -0.4 is 0 Å². The Balaban J connectivity index is 2.66. The lowest BCUT2D eigenvalue weighted by Gasteiger charge is -2.10. The van der Waals surface area contributed by atoms with E-state index in [-0.39, 0.29) is 5.75 Å². The predicted molar refractivity (Wildman–Crippen MR) is 65.2 cm³/mol. The molecule has 0 unspecified atom stereocenters. The third-order valence-electron chi connectivity index (χ3n) is 2.43. The minimum Gasteiger partial charge on any atom is -0.506 e. The highest BCUT2D eigenvalue weighted by molar-refractivity contribution is 6.37. The van der Waals surface area contributed by atoms with Crippen LogP contribution >= 0.6 is 23.2 Å². The lowest BCUT2D eigenvalue weighted by molar-refractivity contribution is 0.473. The Bertz CT molecular complexity index is 504. The molecule has 1 heterocycles. The van der Waals surface area contributed by atoms with Crippen LogP contribution in [0.5, 0.6) is 5.75 Å². The molecule has 1 aromatic heterocycles. The number of hydrogen-bond donors (Lipinski definition) is 1. The Kier molecular flexibility index (Phi) is 3.13. The molecule has 0 aliphatic carbocycles. The van der Waals surface area contributed by atoms with E-state index >= 15 is 0 Å². The SMILES string of the molecule is CCc1c(Cl)cc(-c2ccco2)c(O)c1Cl. The van der Waals surface area contributed by atoms with E-state index in [1.54, 1.807) is 18.2 Å². The zero-order chi connectivity index (χ0) is 11.7. The summed E-state index contributed by atoms with van der Waals surface area (Å²) in [6.07, 6.45) is 2.20. The monoisotopic (exact) mass is 256 g/mol. The third-order valence-corrected chi connectivity index (χ3v) is 3.17. The third kappa shape index (κ3) is 1.79. The Morgan fingerprint density at radius 1 is 1.38 bits per heavy atom. The van der Waals surface area contributed by atoms with Gasteiger partial charge in [-0.2, -0.15) is 0 Å². The average molecular weight is 257 g/mol. The molecular formula is C12H10Cl2O2. The molecule has 2 aromatic rings. The summed E-state index contributed by atoms with van der Waals surface area (Å²) in [6, 6.07) is 5.15. The first-order valence-electron chi connectivity index (χ1n) is 4.88. The molecule has 0 radical (unpaired) electrons. The van der Waals surface area contributed by atoms with Crippen molar-refractivity contribution in [3.05, 3.63) is 40.1 Å². The first-order valence-corrected chi connectivity index (χ1v) is 5.64. The Morgan fingerprint density at radius 2 is 2.12 bits per heavy atom. The van der Waals surface area contributed by atoms with Crippen LogP contribution in [0.3, 0.4) is 0 Å². The maximum absolute atomic E-state index is 9.96. The van der Waals surface area contributed by atoms with E-state index in [0.29, 0.717) is 27.8 Å². The summed E-state index contributed by atoms with van der Waals surface area (Å²) in [4.78, 5) is 0. The predicted octanol–water partition coefficient (Wildman–Crippen LogP) is 4.52. The topological polar surface area (TPSA) is 33.4 Å². The van der Waals surface area contributed by atoms with Crippen molar-refractivity contribution in [3.8, 4) is 17.1 Å². The summed E-state index contributed by atoms with van der Waals surface area (Å²) in [5.74, 6) is 0.557. The van der Waals surface area contributed by atoms with Gasteiger partial charge in [0.15, 0.2) is 0 Å². The van der Waals surface area contributed by atoms with Crippen molar-refractivity contribution in [1.82, 2.24) is 0 Å². The molecule has 0 saturated carbocycles. The Labute approximate surface area is 103 Å². The first kappa shape index (κ1) is 11.4. The largest absolute Gasteiger partial charge is 0.506 e. The van der Waals surface area contributed by atoms with E-state index in [1.165, 1.54) is 6.26 Å². The van der Waals surface area contributed by atoms with Crippen LogP contribution in [0.25, 0.3) is 11.3 Å². The maximum Gasteiger partial charge on any atom is 0.145 e. The van der Waals surface area contributed by atoms with Crippen molar-refractivity contribution in [2.45, 2.75) is 13.3 Å². The van der Waals surface area contributed by atoms with Crippen LogP contribution in [0.1, 0.15) is 12.5 Å². The van der Waals surface area contributed by atoms with E-state index in [2.05, 4.69) is 0 Å². The van der Waals surface area contributed by atoms with Crippen LogP contribution in [-0.4, -0.2) is 5.11 Å². The highest BCUT2D eigenvalue weighted by Gasteiger charge is 2.16. The van der Waals surface area contributed by atoms with Crippen LogP contribution in [0, 0.1) is 0 Å². The highest BCUT2D eigenvalue weighted by Crippen LogP contribution is 2.41. The summed E-state index contributed by atoms with van der Waals surface area (Å²) in [6.45, 7) is 1.93. The second-order valence-corrected chi connectivity index (χ2v) is 4.16. The van der Waals surface area contributed by atoms with Gasteiger partial charge in [0.05, 0.1) is 16.8 Å². The number of hydrogen-bond acceptors (Lipinski definition) is 2. The van der Waals surface area contributed by atoms with Gasteiger partial charge in [-0.05, 0) is 30.2 Å². The van der Waals surface area contributed by atoms with E-state index in [0.717, 1.165) is 5.56 Å². The second kappa shape index (κ2) is 4.40. The van der Waals surface area contributed by atoms with Crippen molar-refractivity contribution in [1.29, 1.82) is 0 Å². The molecule has 1 aromatic carbocycles. The summed E-state index contributed by atoms with van der Waals surface area (Å²) in [7, 11) is 0. The molecule has 1 N–H and O–H groups in total. The van der Waals surface area contributed by atoms with Gasteiger partial charge in [-0.3, -0.25) is 0 Å². The summed E-state index contributed by atoms with van der Waals surface area (Å²) in [5.41, 5.74) is 1.26. The summed E-state index contributed by atoms with van der Waals surface area (Å²) < 4.78 is 5.21. The maximum atomic E-state index is 9.96. The van der Waals surface area contributed by atoms with Crippen molar-refractivity contribution < 1.29 is 9.52 Å². The standard InChI is InChI=1S/C12H10Cl2O2/c1-2-7-9(13)6-8(12(15)11(7)14)10-4-3-5-16-10/h3-6,15H,2H2,1H3. The number of rotatable bonds is 2. The van der Waals surface area contributed by atoms with Gasteiger partial charge in [0.1, 0.15) is 11.5 Å². The van der Waals surface area contributed by atoms with Gasteiger partial charge in [0.25, 0.3) is 0 Å². The molecular weight excluding hydrogens is 247 g/mol. The van der Waals surface area contributed by atoms with Crippen LogP contribution in [0.15, 0.2) is 28.9 Å². The summed E-state index contributed by atoms with van der Waals surface area (Å²) in [5, 5.41) is 10.8. The molecule has 16 heavy (non-hydrogen) atoms. The number of phenolic OH excluding ortho intramolecular Hbond substituents is 1. The van der Waals surface area contributed by atoms with E-state index < -0.39 is 0 Å². The van der Waals surface area contributed by atoms with E-state index in [1.807, 2.05) is 6.92 Å². The number of furan rings is 1. The van der Waals surface area contributed by atoms with E-state index in [9.17, 15) is 5.11 Å². The van der Waals surface area contributed by atoms with Crippen molar-refractivity contribution in [3.63, 3.8) is 0 Å². The molecule has 2 rings (SSSR count). The fourth-order valence-corrected chi connectivity index (χ4v) is 2.31. The van der Waals surface area contributed by atoms with E-state index in [4.69, 9.17) is 27.6 Å². The normalized spacial score (nSPS) is 10.7. The van der Waals surface area contributed by atoms with Crippen molar-refractivity contribution in [2.24, 2.45) is 0 Å². The molecule has 0 atom stereocenters. The van der Waals surface area contributed by atoms with Gasteiger partial charge in [-0.25, -0.2) is 0 Å². The van der Waals surface area contributed by atoms with Gasteiger partial charge in [0, 0.05) is 5.02 Å². The number of phenols is 1. The second-order valence-electron chi connectivity index (χ2n) is 3.38.